The van der Waals surface area contributed by atoms with Crippen molar-refractivity contribution in [1.29, 1.82) is 0 Å². The fourth-order valence-electron chi connectivity index (χ4n) is 2.28. The van der Waals surface area contributed by atoms with E-state index in [4.69, 9.17) is 28.6 Å². The number of benzene rings is 2. The number of carbonyl (C=O) groups is 1. The molecule has 1 saturated heterocycles. The number of thioether (sulfide) groups is 1. The number of halogens is 1. The minimum Gasteiger partial charge on any atom is -0.494 e. The lowest BCUT2D eigenvalue weighted by Gasteiger charge is -2.14. The molecule has 0 atom stereocenters. The summed E-state index contributed by atoms with van der Waals surface area (Å²) in [5.74, 6) is 0.669. The van der Waals surface area contributed by atoms with Crippen molar-refractivity contribution >= 4 is 57.6 Å². The Morgan fingerprint density at radius 3 is 2.67 bits per heavy atom. The fourth-order valence-corrected chi connectivity index (χ4v) is 3.77. The molecule has 0 aliphatic carbocycles. The van der Waals surface area contributed by atoms with Gasteiger partial charge in [0.2, 0.25) is 0 Å². The predicted molar refractivity (Wildman–Crippen MR) is 105 cm³/mol. The molecule has 0 saturated carbocycles. The largest absolute Gasteiger partial charge is 0.494 e. The van der Waals surface area contributed by atoms with Crippen molar-refractivity contribution in [2.45, 2.75) is 6.92 Å². The third-order valence-corrected chi connectivity index (χ3v) is 4.89. The second-order valence-electron chi connectivity index (χ2n) is 5.00. The molecule has 122 valence electrons. The number of hydrogen-bond donors (Lipinski definition) is 0. The summed E-state index contributed by atoms with van der Waals surface area (Å²) < 4.78 is 5.92. The van der Waals surface area contributed by atoms with Gasteiger partial charge in [-0.25, -0.2) is 0 Å². The van der Waals surface area contributed by atoms with Crippen molar-refractivity contribution < 1.29 is 9.53 Å². The van der Waals surface area contributed by atoms with Gasteiger partial charge in [-0.15, -0.1) is 0 Å². The highest BCUT2D eigenvalue weighted by Crippen LogP contribution is 2.36. The topological polar surface area (TPSA) is 29.5 Å². The van der Waals surface area contributed by atoms with E-state index in [0.29, 0.717) is 26.5 Å². The Morgan fingerprint density at radius 2 is 2.00 bits per heavy atom. The van der Waals surface area contributed by atoms with Crippen LogP contribution in [0.25, 0.3) is 6.08 Å². The van der Waals surface area contributed by atoms with E-state index in [1.54, 1.807) is 18.2 Å². The average molecular weight is 376 g/mol. The first-order valence-corrected chi connectivity index (χ1v) is 8.95. The number of nitrogens with zero attached hydrogens (tertiary/aromatic N) is 1. The number of ether oxygens (including phenoxy) is 1. The Balaban J connectivity index is 1.85. The Morgan fingerprint density at radius 1 is 1.25 bits per heavy atom. The number of anilines is 1. The lowest BCUT2D eigenvalue weighted by atomic mass is 10.2. The van der Waals surface area contributed by atoms with Crippen LogP contribution in [0.15, 0.2) is 53.4 Å². The minimum absolute atomic E-state index is 0.138. The van der Waals surface area contributed by atoms with E-state index < -0.39 is 0 Å². The van der Waals surface area contributed by atoms with Crippen LogP contribution in [-0.2, 0) is 4.79 Å². The number of amides is 1. The summed E-state index contributed by atoms with van der Waals surface area (Å²) in [7, 11) is 0. The van der Waals surface area contributed by atoms with E-state index >= 15 is 0 Å². The molecule has 6 heteroatoms. The van der Waals surface area contributed by atoms with Crippen LogP contribution in [0.3, 0.4) is 0 Å². The molecule has 0 N–H and O–H groups in total. The van der Waals surface area contributed by atoms with Gasteiger partial charge in [0.05, 0.1) is 17.2 Å². The third-order valence-electron chi connectivity index (χ3n) is 3.35. The van der Waals surface area contributed by atoms with E-state index in [1.165, 1.54) is 16.7 Å². The van der Waals surface area contributed by atoms with Gasteiger partial charge >= 0.3 is 0 Å². The summed E-state index contributed by atoms with van der Waals surface area (Å²) in [6.45, 7) is 2.56. The number of thiocarbonyl (C=S) groups is 1. The first-order valence-electron chi connectivity index (χ1n) is 7.35. The van der Waals surface area contributed by atoms with Crippen LogP contribution >= 0.6 is 35.6 Å². The Bertz CT molecular complexity index is 818. The van der Waals surface area contributed by atoms with Crippen molar-refractivity contribution in [3.63, 3.8) is 0 Å². The molecule has 0 bridgehead atoms. The van der Waals surface area contributed by atoms with Crippen molar-refractivity contribution in [3.8, 4) is 5.75 Å². The zero-order valence-corrected chi connectivity index (χ0v) is 15.3. The monoisotopic (exact) mass is 375 g/mol. The van der Waals surface area contributed by atoms with Gasteiger partial charge in [-0.1, -0.05) is 53.8 Å². The summed E-state index contributed by atoms with van der Waals surface area (Å²) in [6, 6.07) is 14.7. The van der Waals surface area contributed by atoms with Gasteiger partial charge in [0, 0.05) is 5.02 Å². The molecule has 1 amide bonds. The Labute approximate surface area is 155 Å². The molecule has 1 aliphatic rings. The summed E-state index contributed by atoms with van der Waals surface area (Å²) in [4.78, 5) is 14.8. The van der Waals surface area contributed by atoms with Gasteiger partial charge in [-0.2, -0.15) is 0 Å². The molecular formula is C18H14ClNO2S2. The first kappa shape index (κ1) is 17.0. The molecule has 0 radical (unpaired) electrons. The summed E-state index contributed by atoms with van der Waals surface area (Å²) >= 11 is 12.7. The van der Waals surface area contributed by atoms with Crippen LogP contribution in [-0.4, -0.2) is 16.8 Å². The molecule has 2 aromatic carbocycles. The van der Waals surface area contributed by atoms with Crippen LogP contribution in [0.5, 0.6) is 5.75 Å². The molecule has 1 aliphatic heterocycles. The van der Waals surface area contributed by atoms with Crippen molar-refractivity contribution in [2.24, 2.45) is 0 Å². The predicted octanol–water partition coefficient (Wildman–Crippen LogP) is 5.14. The lowest BCUT2D eigenvalue weighted by Crippen LogP contribution is -2.27. The van der Waals surface area contributed by atoms with E-state index in [-0.39, 0.29) is 5.91 Å². The summed E-state index contributed by atoms with van der Waals surface area (Å²) in [5, 5.41) is 0.567. The fraction of sp³-hybridized carbons (Fsp3) is 0.111. The van der Waals surface area contributed by atoms with Crippen LogP contribution < -0.4 is 9.64 Å². The number of hydrogen-bond acceptors (Lipinski definition) is 4. The maximum atomic E-state index is 12.7. The molecule has 3 rings (SSSR count). The van der Waals surface area contributed by atoms with Gasteiger partial charge in [-0.3, -0.25) is 9.69 Å². The Kier molecular flexibility index (Phi) is 5.23. The van der Waals surface area contributed by atoms with Gasteiger partial charge in [0.1, 0.15) is 5.75 Å². The molecule has 0 aromatic heterocycles. The van der Waals surface area contributed by atoms with E-state index in [9.17, 15) is 4.79 Å². The maximum absolute atomic E-state index is 12.7. The molecule has 3 nitrogen and oxygen atoms in total. The molecule has 0 spiro atoms. The van der Waals surface area contributed by atoms with Gasteiger partial charge < -0.3 is 4.74 Å². The van der Waals surface area contributed by atoms with Crippen LogP contribution in [0.1, 0.15) is 12.5 Å². The quantitative estimate of drug-likeness (QED) is 0.546. The van der Waals surface area contributed by atoms with Crippen LogP contribution in [0.4, 0.5) is 5.69 Å². The van der Waals surface area contributed by atoms with E-state index in [2.05, 4.69) is 0 Å². The highest BCUT2D eigenvalue weighted by molar-refractivity contribution is 8.27. The molecule has 1 heterocycles. The van der Waals surface area contributed by atoms with Crippen LogP contribution in [0.2, 0.25) is 5.02 Å². The van der Waals surface area contributed by atoms with E-state index in [0.717, 1.165) is 11.3 Å². The van der Waals surface area contributed by atoms with Crippen molar-refractivity contribution in [1.82, 2.24) is 0 Å². The zero-order chi connectivity index (χ0) is 17.1. The Hall–Kier alpha value is -1.82. The highest BCUT2D eigenvalue weighted by Gasteiger charge is 2.33. The smallest absolute Gasteiger partial charge is 0.270 e. The second kappa shape index (κ2) is 7.38. The third kappa shape index (κ3) is 3.64. The SMILES string of the molecule is CCOc1ccc(/C=C2/SC(=S)N(c3cccc(Cl)c3)C2=O)cc1. The van der Waals surface area contributed by atoms with E-state index in [1.807, 2.05) is 43.3 Å². The number of rotatable bonds is 4. The second-order valence-corrected chi connectivity index (χ2v) is 7.11. The average Bonchev–Trinajstić information content (AvgIpc) is 2.83. The van der Waals surface area contributed by atoms with Gasteiger partial charge in [0.25, 0.3) is 5.91 Å². The first-order chi connectivity index (χ1) is 11.6. The maximum Gasteiger partial charge on any atom is 0.270 e. The van der Waals surface area contributed by atoms with Gasteiger partial charge in [-0.05, 0) is 48.9 Å². The highest BCUT2D eigenvalue weighted by atomic mass is 35.5. The molecule has 1 fully saturated rings. The standard InChI is InChI=1S/C18H14ClNO2S2/c1-2-22-15-8-6-12(7-9-15)10-16-17(21)20(18(23)24-16)14-5-3-4-13(19)11-14/h3-11H,2H2,1H3/b16-10+. The molecule has 2 aromatic rings. The van der Waals surface area contributed by atoms with Crippen LogP contribution in [0, 0.1) is 0 Å². The molecular weight excluding hydrogens is 362 g/mol. The van der Waals surface area contributed by atoms with Gasteiger partial charge in [0.15, 0.2) is 4.32 Å². The summed E-state index contributed by atoms with van der Waals surface area (Å²) in [6.07, 6.45) is 1.83. The number of carbonyl (C=O) groups excluding carboxylic acids is 1. The normalized spacial score (nSPS) is 16.1. The zero-order valence-electron chi connectivity index (χ0n) is 12.9. The minimum atomic E-state index is -0.138. The van der Waals surface area contributed by atoms with Crippen molar-refractivity contribution in [2.75, 3.05) is 11.5 Å². The molecule has 0 unspecified atom stereocenters. The lowest BCUT2D eigenvalue weighted by molar-refractivity contribution is -0.113. The summed E-state index contributed by atoms with van der Waals surface area (Å²) in [5.41, 5.74) is 1.60. The molecule has 24 heavy (non-hydrogen) atoms. The van der Waals surface area contributed by atoms with Crippen molar-refractivity contribution in [3.05, 3.63) is 64.0 Å².